The molecule has 7 heteroatoms. The van der Waals surface area contributed by atoms with Crippen LogP contribution in [0.3, 0.4) is 0 Å². The quantitative estimate of drug-likeness (QED) is 0.590. The normalized spacial score (nSPS) is 10.8. The molecule has 0 unspecified atom stereocenters. The summed E-state index contributed by atoms with van der Waals surface area (Å²) in [7, 11) is 1.83. The van der Waals surface area contributed by atoms with Crippen LogP contribution in [0.1, 0.15) is 5.69 Å². The van der Waals surface area contributed by atoms with Gasteiger partial charge in [0.15, 0.2) is 5.82 Å². The van der Waals surface area contributed by atoms with E-state index >= 15 is 0 Å². The molecule has 3 rings (SSSR count). The first-order valence-corrected chi connectivity index (χ1v) is 6.35. The first-order valence-electron chi connectivity index (χ1n) is 6.35. The monoisotopic (exact) mass is 283 g/mol. The Bertz CT molecular complexity index is 840. The molecule has 0 radical (unpaired) electrons. The summed E-state index contributed by atoms with van der Waals surface area (Å²) in [6, 6.07) is 6.83. The van der Waals surface area contributed by atoms with Crippen LogP contribution in [0.15, 0.2) is 36.7 Å². The van der Waals surface area contributed by atoms with E-state index in [0.717, 1.165) is 16.8 Å². The van der Waals surface area contributed by atoms with Crippen LogP contribution in [0.2, 0.25) is 0 Å². The maximum Gasteiger partial charge on any atom is 0.278 e. The van der Waals surface area contributed by atoms with E-state index in [1.807, 2.05) is 32.3 Å². The van der Waals surface area contributed by atoms with E-state index in [1.165, 1.54) is 12.3 Å². The van der Waals surface area contributed by atoms with Gasteiger partial charge in [0.05, 0.1) is 10.3 Å². The Morgan fingerprint density at radius 3 is 2.76 bits per heavy atom. The minimum absolute atomic E-state index is 0.0454. The van der Waals surface area contributed by atoms with Gasteiger partial charge in [-0.05, 0) is 19.1 Å². The fourth-order valence-corrected chi connectivity index (χ4v) is 2.22. The molecule has 21 heavy (non-hydrogen) atoms. The summed E-state index contributed by atoms with van der Waals surface area (Å²) in [6.45, 7) is 1.85. The molecule has 1 aromatic carbocycles. The van der Waals surface area contributed by atoms with Crippen molar-refractivity contribution in [3.05, 3.63) is 52.5 Å². The second kappa shape index (κ2) is 4.86. The average molecular weight is 283 g/mol. The van der Waals surface area contributed by atoms with Gasteiger partial charge in [0.1, 0.15) is 0 Å². The highest BCUT2D eigenvalue weighted by molar-refractivity contribution is 6.00. The predicted octanol–water partition coefficient (Wildman–Crippen LogP) is 2.93. The zero-order chi connectivity index (χ0) is 15.0. The van der Waals surface area contributed by atoms with E-state index < -0.39 is 4.92 Å². The lowest BCUT2D eigenvalue weighted by molar-refractivity contribution is -0.383. The summed E-state index contributed by atoms with van der Waals surface area (Å²) in [5.74, 6) is 0.683. The van der Waals surface area contributed by atoms with E-state index in [2.05, 4.69) is 15.4 Å². The van der Waals surface area contributed by atoms with Gasteiger partial charge in [-0.15, -0.1) is 0 Å². The summed E-state index contributed by atoms with van der Waals surface area (Å²) >= 11 is 0. The van der Waals surface area contributed by atoms with Gasteiger partial charge in [0, 0.05) is 48.3 Å². The van der Waals surface area contributed by atoms with Crippen LogP contribution >= 0.6 is 0 Å². The molecule has 0 atom stereocenters. The Morgan fingerprint density at radius 1 is 1.29 bits per heavy atom. The zero-order valence-corrected chi connectivity index (χ0v) is 11.6. The lowest BCUT2D eigenvalue weighted by Gasteiger charge is -2.08. The maximum absolute atomic E-state index is 11.1. The molecule has 2 heterocycles. The van der Waals surface area contributed by atoms with Crippen LogP contribution in [0.5, 0.6) is 0 Å². The minimum atomic E-state index is -0.399. The van der Waals surface area contributed by atoms with Gasteiger partial charge in [-0.1, -0.05) is 0 Å². The number of non-ortho nitro benzene ring substituents is 1. The summed E-state index contributed by atoms with van der Waals surface area (Å²) < 4.78 is 1.68. The molecule has 3 aromatic rings. The molecule has 0 aliphatic heterocycles. The number of nitro benzene ring substituents is 1. The number of fused-ring (bicyclic) bond motifs is 1. The highest BCUT2D eigenvalue weighted by atomic mass is 16.6. The van der Waals surface area contributed by atoms with Crippen molar-refractivity contribution in [3.63, 3.8) is 0 Å². The molecule has 0 fully saturated rings. The Balaban J connectivity index is 2.16. The van der Waals surface area contributed by atoms with E-state index in [9.17, 15) is 10.1 Å². The lowest BCUT2D eigenvalue weighted by atomic mass is 10.1. The van der Waals surface area contributed by atoms with Gasteiger partial charge < -0.3 is 5.32 Å². The van der Waals surface area contributed by atoms with Crippen LogP contribution in [-0.2, 0) is 7.05 Å². The van der Waals surface area contributed by atoms with Gasteiger partial charge >= 0.3 is 0 Å². The van der Waals surface area contributed by atoms with Gasteiger partial charge in [-0.2, -0.15) is 5.10 Å². The molecule has 1 N–H and O–H groups in total. The summed E-state index contributed by atoms with van der Waals surface area (Å²) in [4.78, 5) is 14.9. The number of benzene rings is 1. The smallest absolute Gasteiger partial charge is 0.278 e. The Hall–Kier alpha value is -2.96. The van der Waals surface area contributed by atoms with Crippen LogP contribution in [0.25, 0.3) is 10.8 Å². The molecule has 0 bridgehead atoms. The predicted molar refractivity (Wildman–Crippen MR) is 79.6 cm³/mol. The number of aromatic nitrogens is 3. The number of rotatable bonds is 3. The zero-order valence-electron chi connectivity index (χ0n) is 11.6. The summed E-state index contributed by atoms with van der Waals surface area (Å²) in [6.07, 6.45) is 3.36. The van der Waals surface area contributed by atoms with Gasteiger partial charge in [0.2, 0.25) is 0 Å². The molecule has 106 valence electrons. The van der Waals surface area contributed by atoms with E-state index in [-0.39, 0.29) is 5.69 Å². The molecule has 0 amide bonds. The first kappa shape index (κ1) is 13.0. The third-order valence-corrected chi connectivity index (χ3v) is 3.19. The van der Waals surface area contributed by atoms with Gasteiger partial charge in [0.25, 0.3) is 5.69 Å². The molecular formula is C14H13N5O2. The summed E-state index contributed by atoms with van der Waals surface area (Å²) in [5, 5.41) is 19.8. The number of hydrogen-bond acceptors (Lipinski definition) is 5. The second-order valence-corrected chi connectivity index (χ2v) is 4.76. The second-order valence-electron chi connectivity index (χ2n) is 4.76. The van der Waals surface area contributed by atoms with Crippen LogP contribution in [0.4, 0.5) is 17.2 Å². The molecular weight excluding hydrogens is 270 g/mol. The number of aryl methyl sites for hydroxylation is 2. The molecule has 0 saturated carbocycles. The van der Waals surface area contributed by atoms with Crippen molar-refractivity contribution in [1.82, 2.24) is 14.8 Å². The van der Waals surface area contributed by atoms with Crippen molar-refractivity contribution in [2.24, 2.45) is 7.05 Å². The maximum atomic E-state index is 11.1. The fraction of sp³-hybridized carbons (Fsp3) is 0.143. The highest BCUT2D eigenvalue weighted by Crippen LogP contribution is 2.32. The molecule has 0 aliphatic carbocycles. The average Bonchev–Trinajstić information content (AvgIpc) is 2.84. The van der Waals surface area contributed by atoms with E-state index in [4.69, 9.17) is 0 Å². The van der Waals surface area contributed by atoms with Gasteiger partial charge in [-0.3, -0.25) is 19.8 Å². The van der Waals surface area contributed by atoms with E-state index in [0.29, 0.717) is 11.2 Å². The Morgan fingerprint density at radius 2 is 2.10 bits per heavy atom. The third-order valence-electron chi connectivity index (χ3n) is 3.19. The number of pyridine rings is 1. The largest absolute Gasteiger partial charge is 0.338 e. The van der Waals surface area contributed by atoms with Crippen molar-refractivity contribution in [1.29, 1.82) is 0 Å². The lowest BCUT2D eigenvalue weighted by Crippen LogP contribution is -1.97. The SMILES string of the molecule is Cc1cc2c(Nc3ccn(C)n3)ccc([N+](=O)[O-])c2cn1. The molecule has 0 saturated heterocycles. The van der Waals surface area contributed by atoms with Crippen LogP contribution in [-0.4, -0.2) is 19.7 Å². The van der Waals surface area contributed by atoms with Crippen LogP contribution in [0, 0.1) is 17.0 Å². The number of nitro groups is 1. The third kappa shape index (κ3) is 2.40. The van der Waals surface area contributed by atoms with Crippen LogP contribution < -0.4 is 5.32 Å². The first-order chi connectivity index (χ1) is 10.0. The fourth-order valence-electron chi connectivity index (χ4n) is 2.22. The number of nitrogens with one attached hydrogen (secondary N) is 1. The molecule has 2 aromatic heterocycles. The van der Waals surface area contributed by atoms with Crippen molar-refractivity contribution in [3.8, 4) is 0 Å². The number of nitrogens with zero attached hydrogens (tertiary/aromatic N) is 4. The van der Waals surface area contributed by atoms with Gasteiger partial charge in [-0.25, -0.2) is 0 Å². The van der Waals surface area contributed by atoms with Crippen molar-refractivity contribution in [2.45, 2.75) is 6.92 Å². The summed E-state index contributed by atoms with van der Waals surface area (Å²) in [5.41, 5.74) is 1.61. The van der Waals surface area contributed by atoms with Crippen molar-refractivity contribution < 1.29 is 4.92 Å². The number of anilines is 2. The number of hydrogen-bond donors (Lipinski definition) is 1. The minimum Gasteiger partial charge on any atom is -0.338 e. The molecule has 0 aliphatic rings. The topological polar surface area (TPSA) is 85.9 Å². The highest BCUT2D eigenvalue weighted by Gasteiger charge is 2.15. The van der Waals surface area contributed by atoms with E-state index in [1.54, 1.807) is 10.7 Å². The van der Waals surface area contributed by atoms with Crippen molar-refractivity contribution >= 4 is 28.0 Å². The standard InChI is InChI=1S/C14H13N5O2/c1-9-7-10-11(8-15-9)13(19(20)21)4-3-12(10)16-14-5-6-18(2)17-14/h3-8H,1-2H3,(H,16,17). The molecule has 7 nitrogen and oxygen atoms in total. The Kier molecular flexibility index (Phi) is 3.02. The Labute approximate surface area is 120 Å². The van der Waals surface area contributed by atoms with Crippen molar-refractivity contribution in [2.75, 3.05) is 5.32 Å². The molecule has 0 spiro atoms.